The Morgan fingerprint density at radius 1 is 1.19 bits per heavy atom. The maximum Gasteiger partial charge on any atom is 0.168 e. The van der Waals surface area contributed by atoms with Gasteiger partial charge in [0, 0.05) is 6.04 Å². The number of hydrogen-bond donors (Lipinski definition) is 2. The van der Waals surface area contributed by atoms with Gasteiger partial charge in [-0.15, -0.1) is 5.10 Å². The molecule has 2 aromatic rings. The van der Waals surface area contributed by atoms with Crippen molar-refractivity contribution >= 4 is 11.6 Å². The third-order valence-electron chi connectivity index (χ3n) is 3.72. The Labute approximate surface area is 122 Å². The van der Waals surface area contributed by atoms with Crippen molar-refractivity contribution in [3.63, 3.8) is 0 Å². The first-order valence-corrected chi connectivity index (χ1v) is 6.78. The summed E-state index contributed by atoms with van der Waals surface area (Å²) in [7, 11) is 0. The van der Waals surface area contributed by atoms with E-state index in [0.717, 1.165) is 18.5 Å². The SMILES string of the molecule is N#Cc1ccc(-n2nc(NC3CCC3)c(C#N)c2N)cc1. The van der Waals surface area contributed by atoms with Gasteiger partial charge in [0.25, 0.3) is 0 Å². The van der Waals surface area contributed by atoms with Crippen molar-refractivity contribution in [2.24, 2.45) is 0 Å². The summed E-state index contributed by atoms with van der Waals surface area (Å²) in [6.45, 7) is 0. The highest BCUT2D eigenvalue weighted by atomic mass is 15.4. The van der Waals surface area contributed by atoms with E-state index in [2.05, 4.69) is 22.6 Å². The summed E-state index contributed by atoms with van der Waals surface area (Å²) in [5.74, 6) is 0.841. The maximum atomic E-state index is 9.28. The third kappa shape index (κ3) is 2.28. The van der Waals surface area contributed by atoms with Crippen LogP contribution in [-0.4, -0.2) is 15.8 Å². The van der Waals surface area contributed by atoms with Crippen LogP contribution in [0.4, 0.5) is 11.6 Å². The smallest absolute Gasteiger partial charge is 0.168 e. The van der Waals surface area contributed by atoms with Gasteiger partial charge in [-0.2, -0.15) is 10.5 Å². The zero-order valence-corrected chi connectivity index (χ0v) is 11.4. The molecule has 0 radical (unpaired) electrons. The number of nitrogens with two attached hydrogens (primary N) is 1. The lowest BCUT2D eigenvalue weighted by Gasteiger charge is -2.26. The second kappa shape index (κ2) is 5.18. The highest BCUT2D eigenvalue weighted by Gasteiger charge is 2.22. The minimum atomic E-state index is 0.309. The van der Waals surface area contributed by atoms with Crippen LogP contribution in [0.1, 0.15) is 30.4 Å². The molecule has 0 unspecified atom stereocenters. The summed E-state index contributed by atoms with van der Waals surface area (Å²) in [4.78, 5) is 0. The van der Waals surface area contributed by atoms with Gasteiger partial charge in [0.05, 0.1) is 17.3 Å². The Balaban J connectivity index is 1.98. The Kier molecular flexibility index (Phi) is 3.21. The predicted octanol–water partition coefficient (Wildman–Crippen LogP) is 2.16. The summed E-state index contributed by atoms with van der Waals surface area (Å²) in [6.07, 6.45) is 3.38. The van der Waals surface area contributed by atoms with Crippen LogP contribution in [0.5, 0.6) is 0 Å². The number of nitrogens with one attached hydrogen (secondary N) is 1. The molecule has 1 aromatic carbocycles. The van der Waals surface area contributed by atoms with E-state index in [-0.39, 0.29) is 0 Å². The highest BCUT2D eigenvalue weighted by Crippen LogP contribution is 2.28. The molecule has 6 heteroatoms. The molecule has 0 bridgehead atoms. The van der Waals surface area contributed by atoms with Gasteiger partial charge in [0.2, 0.25) is 0 Å². The molecule has 1 aliphatic carbocycles. The van der Waals surface area contributed by atoms with Crippen molar-refractivity contribution < 1.29 is 0 Å². The molecular formula is C15H14N6. The van der Waals surface area contributed by atoms with Crippen LogP contribution in [0.2, 0.25) is 0 Å². The van der Waals surface area contributed by atoms with E-state index >= 15 is 0 Å². The van der Waals surface area contributed by atoms with E-state index in [1.54, 1.807) is 24.3 Å². The first kappa shape index (κ1) is 13.0. The largest absolute Gasteiger partial charge is 0.382 e. The molecule has 1 aromatic heterocycles. The van der Waals surface area contributed by atoms with E-state index in [4.69, 9.17) is 11.0 Å². The quantitative estimate of drug-likeness (QED) is 0.895. The molecule has 3 N–H and O–H groups in total. The molecule has 0 atom stereocenters. The average Bonchev–Trinajstić information content (AvgIpc) is 2.79. The lowest BCUT2D eigenvalue weighted by Crippen LogP contribution is -2.27. The summed E-state index contributed by atoms with van der Waals surface area (Å²) < 4.78 is 1.53. The van der Waals surface area contributed by atoms with Gasteiger partial charge in [-0.05, 0) is 43.5 Å². The van der Waals surface area contributed by atoms with Crippen LogP contribution >= 0.6 is 0 Å². The van der Waals surface area contributed by atoms with Crippen LogP contribution in [0.15, 0.2) is 24.3 Å². The monoisotopic (exact) mass is 278 g/mol. The predicted molar refractivity (Wildman–Crippen MR) is 78.7 cm³/mol. The fraction of sp³-hybridized carbons (Fsp3) is 0.267. The number of nitrogens with zero attached hydrogens (tertiary/aromatic N) is 4. The molecule has 1 fully saturated rings. The maximum absolute atomic E-state index is 9.28. The van der Waals surface area contributed by atoms with Gasteiger partial charge in [0.15, 0.2) is 5.82 Å². The molecule has 104 valence electrons. The Morgan fingerprint density at radius 2 is 1.90 bits per heavy atom. The van der Waals surface area contributed by atoms with Gasteiger partial charge >= 0.3 is 0 Å². The average molecular weight is 278 g/mol. The second-order valence-electron chi connectivity index (χ2n) is 5.06. The number of hydrogen-bond acceptors (Lipinski definition) is 5. The number of rotatable bonds is 3. The molecule has 1 heterocycles. The zero-order valence-electron chi connectivity index (χ0n) is 11.4. The number of anilines is 2. The first-order valence-electron chi connectivity index (χ1n) is 6.78. The van der Waals surface area contributed by atoms with Crippen molar-refractivity contribution in [3.05, 3.63) is 35.4 Å². The summed E-state index contributed by atoms with van der Waals surface area (Å²) in [5, 5.41) is 25.8. The van der Waals surface area contributed by atoms with Crippen molar-refractivity contribution in [3.8, 4) is 17.8 Å². The van der Waals surface area contributed by atoms with Gasteiger partial charge in [-0.3, -0.25) is 0 Å². The van der Waals surface area contributed by atoms with Gasteiger partial charge in [-0.1, -0.05) is 0 Å². The number of aromatic nitrogens is 2. The third-order valence-corrected chi connectivity index (χ3v) is 3.72. The fourth-order valence-corrected chi connectivity index (χ4v) is 2.26. The minimum Gasteiger partial charge on any atom is -0.382 e. The molecule has 0 spiro atoms. The van der Waals surface area contributed by atoms with Crippen molar-refractivity contribution in [1.82, 2.24) is 9.78 Å². The number of nitriles is 2. The fourth-order valence-electron chi connectivity index (χ4n) is 2.26. The summed E-state index contributed by atoms with van der Waals surface area (Å²) in [5.41, 5.74) is 7.69. The van der Waals surface area contributed by atoms with Crippen LogP contribution in [-0.2, 0) is 0 Å². The van der Waals surface area contributed by atoms with E-state index in [1.807, 2.05) is 0 Å². The van der Waals surface area contributed by atoms with Gasteiger partial charge in [0.1, 0.15) is 17.5 Å². The van der Waals surface area contributed by atoms with Crippen LogP contribution < -0.4 is 11.1 Å². The second-order valence-corrected chi connectivity index (χ2v) is 5.06. The normalized spacial score (nSPS) is 14.0. The summed E-state index contributed by atoms with van der Waals surface area (Å²) >= 11 is 0. The van der Waals surface area contributed by atoms with E-state index in [9.17, 15) is 5.26 Å². The molecule has 1 aliphatic rings. The molecular weight excluding hydrogens is 264 g/mol. The molecule has 0 amide bonds. The van der Waals surface area contributed by atoms with Crippen LogP contribution in [0, 0.1) is 22.7 Å². The van der Waals surface area contributed by atoms with Crippen LogP contribution in [0.25, 0.3) is 5.69 Å². The van der Waals surface area contributed by atoms with Gasteiger partial charge < -0.3 is 11.1 Å². The Morgan fingerprint density at radius 3 is 2.43 bits per heavy atom. The first-order chi connectivity index (χ1) is 10.2. The van der Waals surface area contributed by atoms with E-state index in [0.29, 0.717) is 28.8 Å². The molecule has 0 saturated heterocycles. The minimum absolute atomic E-state index is 0.309. The van der Waals surface area contributed by atoms with E-state index < -0.39 is 0 Å². The lowest BCUT2D eigenvalue weighted by molar-refractivity contribution is 0.444. The lowest BCUT2D eigenvalue weighted by atomic mass is 9.93. The topological polar surface area (TPSA) is 103 Å². The van der Waals surface area contributed by atoms with E-state index in [1.165, 1.54) is 11.1 Å². The standard InChI is InChI=1S/C15H14N6/c16-8-10-4-6-12(7-5-10)21-14(18)13(9-17)15(20-21)19-11-2-1-3-11/h4-7,11H,1-3,18H2,(H,19,20). The molecule has 1 saturated carbocycles. The highest BCUT2D eigenvalue weighted by molar-refractivity contribution is 5.66. The van der Waals surface area contributed by atoms with Crippen molar-refractivity contribution in [2.75, 3.05) is 11.1 Å². The number of benzene rings is 1. The van der Waals surface area contributed by atoms with Crippen LogP contribution in [0.3, 0.4) is 0 Å². The van der Waals surface area contributed by atoms with Crippen molar-refractivity contribution in [1.29, 1.82) is 10.5 Å². The Hall–Kier alpha value is -2.99. The number of nitrogen functional groups attached to an aromatic ring is 1. The Bertz CT molecular complexity index is 740. The zero-order chi connectivity index (χ0) is 14.8. The molecule has 6 nitrogen and oxygen atoms in total. The molecule has 0 aliphatic heterocycles. The summed E-state index contributed by atoms with van der Waals surface area (Å²) in [6, 6.07) is 11.5. The molecule has 21 heavy (non-hydrogen) atoms. The van der Waals surface area contributed by atoms with Gasteiger partial charge in [-0.25, -0.2) is 4.68 Å². The van der Waals surface area contributed by atoms with Crippen molar-refractivity contribution in [2.45, 2.75) is 25.3 Å². The molecule has 3 rings (SSSR count).